The average Bonchev–Trinajstić information content (AvgIpc) is 2.66. The molecule has 0 fully saturated rings. The summed E-state index contributed by atoms with van der Waals surface area (Å²) in [6.07, 6.45) is -0.719. The van der Waals surface area contributed by atoms with Gasteiger partial charge in [0, 0.05) is 17.1 Å². The van der Waals surface area contributed by atoms with Gasteiger partial charge in [0.25, 0.3) is 0 Å². The Morgan fingerprint density at radius 1 is 1.47 bits per heavy atom. The number of fused-ring (bicyclic) bond motifs is 1. The van der Waals surface area contributed by atoms with Gasteiger partial charge >= 0.3 is 0 Å². The maximum absolute atomic E-state index is 9.91. The van der Waals surface area contributed by atoms with Crippen LogP contribution in [-0.4, -0.2) is 21.2 Å². The number of rotatable bonds is 3. The van der Waals surface area contributed by atoms with E-state index in [1.54, 1.807) is 0 Å². The molecule has 0 spiro atoms. The second-order valence-electron chi connectivity index (χ2n) is 4.32. The lowest BCUT2D eigenvalue weighted by molar-refractivity contribution is 0.170. The molecule has 1 atom stereocenters. The fraction of sp³-hybridized carbons (Fsp3) is 0.417. The lowest BCUT2D eigenvalue weighted by Gasteiger charge is -2.15. The predicted octanol–water partition coefficient (Wildman–Crippen LogP) is 2.37. The molecule has 0 aliphatic carbocycles. The van der Waals surface area contributed by atoms with E-state index in [0.717, 1.165) is 15.5 Å². The number of halogens is 1. The Morgan fingerprint density at radius 3 is 2.76 bits per heavy atom. The van der Waals surface area contributed by atoms with Crippen LogP contribution in [0.4, 0.5) is 0 Å². The van der Waals surface area contributed by atoms with Crippen molar-refractivity contribution in [2.75, 3.05) is 6.54 Å². The van der Waals surface area contributed by atoms with E-state index in [2.05, 4.69) is 34.8 Å². The maximum atomic E-state index is 9.91. The summed E-state index contributed by atoms with van der Waals surface area (Å²) in [7, 11) is 0. The van der Waals surface area contributed by atoms with E-state index < -0.39 is 6.10 Å². The molecule has 0 amide bonds. The topological polar surface area (TPSA) is 64.1 Å². The van der Waals surface area contributed by atoms with Crippen LogP contribution in [0.3, 0.4) is 0 Å². The van der Waals surface area contributed by atoms with Crippen molar-refractivity contribution < 1.29 is 5.11 Å². The Hall–Kier alpha value is -0.910. The van der Waals surface area contributed by atoms with Crippen molar-refractivity contribution >= 4 is 27.0 Å². The lowest BCUT2D eigenvalue weighted by atomic mass is 10.2. The van der Waals surface area contributed by atoms with E-state index in [9.17, 15) is 5.11 Å². The molecule has 1 unspecified atom stereocenters. The highest BCUT2D eigenvalue weighted by Gasteiger charge is 2.18. The first-order valence-electron chi connectivity index (χ1n) is 5.60. The lowest BCUT2D eigenvalue weighted by Crippen LogP contribution is -2.17. The van der Waals surface area contributed by atoms with Gasteiger partial charge in [0.15, 0.2) is 0 Å². The van der Waals surface area contributed by atoms with Crippen molar-refractivity contribution in [3.63, 3.8) is 0 Å². The number of nitrogens with zero attached hydrogens (tertiary/aromatic N) is 2. The summed E-state index contributed by atoms with van der Waals surface area (Å²) in [6, 6.07) is 6.15. The van der Waals surface area contributed by atoms with Gasteiger partial charge in [0.05, 0.1) is 11.0 Å². The van der Waals surface area contributed by atoms with Gasteiger partial charge in [-0.15, -0.1) is 0 Å². The van der Waals surface area contributed by atoms with E-state index in [-0.39, 0.29) is 12.6 Å². The van der Waals surface area contributed by atoms with Gasteiger partial charge in [-0.3, -0.25) is 0 Å². The summed E-state index contributed by atoms with van der Waals surface area (Å²) in [5.41, 5.74) is 7.40. The Morgan fingerprint density at radius 2 is 2.18 bits per heavy atom. The van der Waals surface area contributed by atoms with E-state index >= 15 is 0 Å². The zero-order chi connectivity index (χ0) is 12.6. The molecule has 0 radical (unpaired) electrons. The molecule has 92 valence electrons. The van der Waals surface area contributed by atoms with Crippen LogP contribution < -0.4 is 5.73 Å². The monoisotopic (exact) mass is 297 g/mol. The van der Waals surface area contributed by atoms with Crippen molar-refractivity contribution in [3.8, 4) is 0 Å². The van der Waals surface area contributed by atoms with Crippen LogP contribution in [0.15, 0.2) is 22.7 Å². The van der Waals surface area contributed by atoms with Gasteiger partial charge in [0.2, 0.25) is 0 Å². The smallest absolute Gasteiger partial charge is 0.140 e. The Bertz CT molecular complexity index is 536. The molecular weight excluding hydrogens is 282 g/mol. The maximum Gasteiger partial charge on any atom is 0.140 e. The van der Waals surface area contributed by atoms with Crippen molar-refractivity contribution in [1.82, 2.24) is 9.55 Å². The van der Waals surface area contributed by atoms with Crippen molar-refractivity contribution in [3.05, 3.63) is 28.5 Å². The molecular formula is C12H16BrN3O. The minimum absolute atomic E-state index is 0.178. The van der Waals surface area contributed by atoms with Crippen molar-refractivity contribution in [1.29, 1.82) is 0 Å². The first kappa shape index (κ1) is 12.5. The normalized spacial score (nSPS) is 13.5. The molecule has 1 heterocycles. The summed E-state index contributed by atoms with van der Waals surface area (Å²) in [5.74, 6) is 0.635. The molecule has 1 aromatic carbocycles. The molecule has 0 saturated heterocycles. The third-order valence-corrected chi connectivity index (χ3v) is 3.21. The second-order valence-corrected chi connectivity index (χ2v) is 5.23. The van der Waals surface area contributed by atoms with Crippen molar-refractivity contribution in [2.45, 2.75) is 26.0 Å². The largest absolute Gasteiger partial charge is 0.384 e. The third kappa shape index (κ3) is 2.22. The molecule has 0 bridgehead atoms. The van der Waals surface area contributed by atoms with Crippen LogP contribution in [0, 0.1) is 0 Å². The van der Waals surface area contributed by atoms with Gasteiger partial charge in [-0.05, 0) is 32.0 Å². The third-order valence-electron chi connectivity index (χ3n) is 2.72. The molecule has 0 aliphatic rings. The fourth-order valence-corrected chi connectivity index (χ4v) is 2.32. The van der Waals surface area contributed by atoms with E-state index in [1.807, 2.05) is 22.8 Å². The van der Waals surface area contributed by atoms with Crippen LogP contribution in [0.2, 0.25) is 0 Å². The summed E-state index contributed by atoms with van der Waals surface area (Å²) in [4.78, 5) is 4.47. The highest BCUT2D eigenvalue weighted by Crippen LogP contribution is 2.26. The molecule has 17 heavy (non-hydrogen) atoms. The molecule has 4 nitrogen and oxygen atoms in total. The summed E-state index contributed by atoms with van der Waals surface area (Å²) in [6.45, 7) is 4.31. The highest BCUT2D eigenvalue weighted by molar-refractivity contribution is 9.10. The Kier molecular flexibility index (Phi) is 3.51. The number of hydrogen-bond donors (Lipinski definition) is 2. The summed E-state index contributed by atoms with van der Waals surface area (Å²) in [5, 5.41) is 9.91. The SMILES string of the molecule is CC(C)n1c(C(O)CN)nc2cc(Br)ccc21. The van der Waals surface area contributed by atoms with Gasteiger partial charge in [-0.2, -0.15) is 0 Å². The zero-order valence-corrected chi connectivity index (χ0v) is 11.5. The van der Waals surface area contributed by atoms with Gasteiger partial charge in [-0.25, -0.2) is 4.98 Å². The highest BCUT2D eigenvalue weighted by atomic mass is 79.9. The van der Waals surface area contributed by atoms with Crippen LogP contribution >= 0.6 is 15.9 Å². The van der Waals surface area contributed by atoms with Crippen LogP contribution in [0.5, 0.6) is 0 Å². The Balaban J connectivity index is 2.70. The molecule has 1 aromatic heterocycles. The number of hydrogen-bond acceptors (Lipinski definition) is 3. The van der Waals surface area contributed by atoms with Gasteiger partial charge < -0.3 is 15.4 Å². The number of imidazole rings is 1. The first-order chi connectivity index (χ1) is 8.04. The van der Waals surface area contributed by atoms with Crippen molar-refractivity contribution in [2.24, 2.45) is 5.73 Å². The minimum Gasteiger partial charge on any atom is -0.384 e. The van der Waals surface area contributed by atoms with E-state index in [0.29, 0.717) is 5.82 Å². The van der Waals surface area contributed by atoms with Crippen LogP contribution in [0.25, 0.3) is 11.0 Å². The number of benzene rings is 1. The quantitative estimate of drug-likeness (QED) is 0.914. The van der Waals surface area contributed by atoms with E-state index in [1.165, 1.54) is 0 Å². The molecule has 2 aromatic rings. The number of aliphatic hydroxyl groups is 1. The number of aliphatic hydroxyl groups excluding tert-OH is 1. The fourth-order valence-electron chi connectivity index (χ4n) is 1.97. The minimum atomic E-state index is -0.719. The standard InChI is InChI=1S/C12H16BrN3O/c1-7(2)16-10-4-3-8(13)5-9(10)15-12(16)11(17)6-14/h3-5,7,11,17H,6,14H2,1-2H3. The number of nitrogens with two attached hydrogens (primary N) is 1. The predicted molar refractivity (Wildman–Crippen MR) is 71.8 cm³/mol. The molecule has 0 aliphatic heterocycles. The Labute approximate surface area is 109 Å². The zero-order valence-electron chi connectivity index (χ0n) is 9.89. The molecule has 0 saturated carbocycles. The summed E-state index contributed by atoms with van der Waals surface area (Å²) >= 11 is 3.42. The molecule has 3 N–H and O–H groups in total. The van der Waals surface area contributed by atoms with Gasteiger partial charge in [-0.1, -0.05) is 15.9 Å². The first-order valence-corrected chi connectivity index (χ1v) is 6.39. The second kappa shape index (κ2) is 4.76. The van der Waals surface area contributed by atoms with E-state index in [4.69, 9.17) is 5.73 Å². The summed E-state index contributed by atoms with van der Waals surface area (Å²) < 4.78 is 3.01. The molecule has 2 rings (SSSR count). The number of aromatic nitrogens is 2. The molecule has 5 heteroatoms. The van der Waals surface area contributed by atoms with Gasteiger partial charge in [0.1, 0.15) is 11.9 Å². The average molecular weight is 298 g/mol. The van der Waals surface area contributed by atoms with Crippen LogP contribution in [0.1, 0.15) is 31.8 Å². The van der Waals surface area contributed by atoms with Crippen LogP contribution in [-0.2, 0) is 0 Å².